The molecule has 14 heavy (non-hydrogen) atoms. The quantitative estimate of drug-likeness (QED) is 0.666. The van der Waals surface area contributed by atoms with Gasteiger partial charge in [-0.2, -0.15) is 0 Å². The first-order valence-corrected chi connectivity index (χ1v) is 4.32. The van der Waals surface area contributed by atoms with E-state index in [0.29, 0.717) is 5.82 Å². The minimum absolute atomic E-state index is 0.435. The molecular formula is C10H11N3O. The van der Waals surface area contributed by atoms with Gasteiger partial charge in [-0.1, -0.05) is 0 Å². The Bertz CT molecular complexity index is 473. The molecule has 72 valence electrons. The van der Waals surface area contributed by atoms with E-state index in [0.717, 1.165) is 17.5 Å². The van der Waals surface area contributed by atoms with Crippen molar-refractivity contribution in [3.8, 4) is 0 Å². The fraction of sp³-hybridized carbons (Fsp3) is 0.200. The molecule has 0 N–H and O–H groups in total. The molecule has 2 aromatic heterocycles. The van der Waals surface area contributed by atoms with Crippen LogP contribution in [0.2, 0.25) is 0 Å². The second-order valence-electron chi connectivity index (χ2n) is 3.31. The van der Waals surface area contributed by atoms with Gasteiger partial charge in [0, 0.05) is 26.0 Å². The first kappa shape index (κ1) is 8.74. The van der Waals surface area contributed by atoms with Gasteiger partial charge in [0.25, 0.3) is 0 Å². The zero-order valence-electron chi connectivity index (χ0n) is 8.14. The van der Waals surface area contributed by atoms with Crippen LogP contribution in [0.15, 0.2) is 24.5 Å². The van der Waals surface area contributed by atoms with E-state index in [1.165, 1.54) is 0 Å². The first-order chi connectivity index (χ1) is 6.72. The lowest BCUT2D eigenvalue weighted by molar-refractivity contribution is 0.111. The van der Waals surface area contributed by atoms with Crippen LogP contribution in [0.5, 0.6) is 0 Å². The third-order valence-electron chi connectivity index (χ3n) is 2.17. The lowest BCUT2D eigenvalue weighted by Gasteiger charge is -2.12. The fourth-order valence-electron chi connectivity index (χ4n) is 1.37. The van der Waals surface area contributed by atoms with Gasteiger partial charge in [0.1, 0.15) is 0 Å². The van der Waals surface area contributed by atoms with Crippen LogP contribution >= 0.6 is 0 Å². The van der Waals surface area contributed by atoms with Crippen LogP contribution in [0.25, 0.3) is 5.52 Å². The second kappa shape index (κ2) is 3.14. The Morgan fingerprint density at radius 3 is 2.93 bits per heavy atom. The van der Waals surface area contributed by atoms with Crippen LogP contribution in [0.4, 0.5) is 5.69 Å². The molecule has 0 aliphatic heterocycles. The van der Waals surface area contributed by atoms with Gasteiger partial charge >= 0.3 is 0 Å². The molecule has 2 aromatic rings. The number of nitrogens with zero attached hydrogens (tertiary/aromatic N) is 3. The molecule has 0 aliphatic carbocycles. The van der Waals surface area contributed by atoms with E-state index in [2.05, 4.69) is 4.98 Å². The Kier molecular flexibility index (Phi) is 1.96. The van der Waals surface area contributed by atoms with Crippen LogP contribution in [0.3, 0.4) is 0 Å². The van der Waals surface area contributed by atoms with Gasteiger partial charge in [-0.15, -0.1) is 0 Å². The van der Waals surface area contributed by atoms with Gasteiger partial charge in [-0.3, -0.25) is 9.20 Å². The Balaban J connectivity index is 2.63. The van der Waals surface area contributed by atoms with Crippen molar-refractivity contribution in [2.75, 3.05) is 19.0 Å². The molecule has 4 heteroatoms. The summed E-state index contributed by atoms with van der Waals surface area (Å²) >= 11 is 0. The van der Waals surface area contributed by atoms with E-state index < -0.39 is 0 Å². The summed E-state index contributed by atoms with van der Waals surface area (Å²) in [6.45, 7) is 0. The summed E-state index contributed by atoms with van der Waals surface area (Å²) < 4.78 is 1.76. The number of rotatable bonds is 2. The van der Waals surface area contributed by atoms with E-state index in [1.54, 1.807) is 10.6 Å². The standard InChI is InChI=1S/C10H11N3O/c1-12(2)8-3-4-13-9(5-8)6-11-10(13)7-14/h3-7H,1-2H3. The molecule has 0 aromatic carbocycles. The lowest BCUT2D eigenvalue weighted by atomic mass is 10.3. The predicted molar refractivity (Wildman–Crippen MR) is 54.9 cm³/mol. The molecule has 0 radical (unpaired) electrons. The molecular weight excluding hydrogens is 178 g/mol. The van der Waals surface area contributed by atoms with E-state index in [9.17, 15) is 4.79 Å². The highest BCUT2D eigenvalue weighted by Gasteiger charge is 2.03. The van der Waals surface area contributed by atoms with Gasteiger partial charge in [0.15, 0.2) is 12.1 Å². The van der Waals surface area contributed by atoms with Crippen molar-refractivity contribution in [2.45, 2.75) is 0 Å². The highest BCUT2D eigenvalue weighted by molar-refractivity contribution is 5.73. The van der Waals surface area contributed by atoms with Gasteiger partial charge < -0.3 is 4.90 Å². The number of hydrogen-bond donors (Lipinski definition) is 0. The van der Waals surface area contributed by atoms with Crippen LogP contribution in [-0.4, -0.2) is 29.8 Å². The Morgan fingerprint density at radius 2 is 2.29 bits per heavy atom. The summed E-state index contributed by atoms with van der Waals surface area (Å²) in [5.41, 5.74) is 2.02. The van der Waals surface area contributed by atoms with Crippen molar-refractivity contribution in [2.24, 2.45) is 0 Å². The van der Waals surface area contributed by atoms with Gasteiger partial charge in [0.2, 0.25) is 0 Å². The number of aldehydes is 1. The van der Waals surface area contributed by atoms with Crippen LogP contribution in [-0.2, 0) is 0 Å². The molecule has 0 bridgehead atoms. The number of aromatic nitrogens is 2. The molecule has 0 atom stereocenters. The van der Waals surface area contributed by atoms with Crippen molar-refractivity contribution >= 4 is 17.5 Å². The topological polar surface area (TPSA) is 37.6 Å². The summed E-state index contributed by atoms with van der Waals surface area (Å²) in [5, 5.41) is 0. The lowest BCUT2D eigenvalue weighted by Crippen LogP contribution is -2.08. The minimum Gasteiger partial charge on any atom is -0.378 e. The zero-order valence-corrected chi connectivity index (χ0v) is 8.14. The normalized spacial score (nSPS) is 10.4. The molecule has 2 heterocycles. The summed E-state index contributed by atoms with van der Waals surface area (Å²) in [6, 6.07) is 3.93. The SMILES string of the molecule is CN(C)c1ccn2c(C=O)ncc2c1. The fourth-order valence-corrected chi connectivity index (χ4v) is 1.37. The summed E-state index contributed by atoms with van der Waals surface area (Å²) in [5.74, 6) is 0.435. The predicted octanol–water partition coefficient (Wildman–Crippen LogP) is 1.21. The first-order valence-electron chi connectivity index (χ1n) is 4.32. The number of hydrogen-bond acceptors (Lipinski definition) is 3. The maximum Gasteiger partial charge on any atom is 0.185 e. The molecule has 0 unspecified atom stereocenters. The van der Waals surface area contributed by atoms with Gasteiger partial charge in [0.05, 0.1) is 11.7 Å². The van der Waals surface area contributed by atoms with Crippen molar-refractivity contribution in [3.63, 3.8) is 0 Å². The van der Waals surface area contributed by atoms with Gasteiger partial charge in [-0.25, -0.2) is 4.98 Å². The van der Waals surface area contributed by atoms with Crippen LogP contribution in [0, 0.1) is 0 Å². The smallest absolute Gasteiger partial charge is 0.185 e. The minimum atomic E-state index is 0.435. The number of anilines is 1. The molecule has 0 fully saturated rings. The Labute approximate surface area is 81.8 Å². The third kappa shape index (κ3) is 1.25. The summed E-state index contributed by atoms with van der Waals surface area (Å²) in [4.78, 5) is 16.6. The van der Waals surface area contributed by atoms with E-state index in [-0.39, 0.29) is 0 Å². The second-order valence-corrected chi connectivity index (χ2v) is 3.31. The van der Waals surface area contributed by atoms with Crippen molar-refractivity contribution in [1.29, 1.82) is 0 Å². The Hall–Kier alpha value is -1.84. The molecule has 0 saturated heterocycles. The molecule has 0 aliphatic rings. The summed E-state index contributed by atoms with van der Waals surface area (Å²) in [7, 11) is 3.95. The monoisotopic (exact) mass is 189 g/mol. The maximum atomic E-state index is 10.6. The van der Waals surface area contributed by atoms with E-state index >= 15 is 0 Å². The number of fused-ring (bicyclic) bond motifs is 1. The Morgan fingerprint density at radius 1 is 1.50 bits per heavy atom. The molecule has 0 saturated carbocycles. The maximum absolute atomic E-state index is 10.6. The largest absolute Gasteiger partial charge is 0.378 e. The molecule has 0 amide bonds. The number of carbonyl (C=O) groups excluding carboxylic acids is 1. The van der Waals surface area contributed by atoms with E-state index in [1.807, 2.05) is 37.3 Å². The molecule has 4 nitrogen and oxygen atoms in total. The zero-order chi connectivity index (χ0) is 10.1. The van der Waals surface area contributed by atoms with Crippen LogP contribution in [0.1, 0.15) is 10.6 Å². The van der Waals surface area contributed by atoms with Crippen molar-refractivity contribution in [1.82, 2.24) is 9.38 Å². The number of imidazole rings is 1. The average molecular weight is 189 g/mol. The van der Waals surface area contributed by atoms with Crippen molar-refractivity contribution in [3.05, 3.63) is 30.4 Å². The number of pyridine rings is 1. The highest BCUT2D eigenvalue weighted by Crippen LogP contribution is 2.15. The molecule has 2 rings (SSSR count). The van der Waals surface area contributed by atoms with E-state index in [4.69, 9.17) is 0 Å². The van der Waals surface area contributed by atoms with Crippen LogP contribution < -0.4 is 4.90 Å². The number of carbonyl (C=O) groups is 1. The molecule has 0 spiro atoms. The highest BCUT2D eigenvalue weighted by atomic mass is 16.1. The van der Waals surface area contributed by atoms with Crippen molar-refractivity contribution < 1.29 is 4.79 Å². The third-order valence-corrected chi connectivity index (χ3v) is 2.17. The summed E-state index contributed by atoms with van der Waals surface area (Å²) in [6.07, 6.45) is 4.29. The average Bonchev–Trinajstić information content (AvgIpc) is 2.59. The van der Waals surface area contributed by atoms with Gasteiger partial charge in [-0.05, 0) is 12.1 Å².